The van der Waals surface area contributed by atoms with Gasteiger partial charge in [0.2, 0.25) is 0 Å². The van der Waals surface area contributed by atoms with Crippen LogP contribution in [-0.4, -0.2) is 29.0 Å². The molecule has 0 bridgehead atoms. The summed E-state index contributed by atoms with van der Waals surface area (Å²) < 4.78 is 0. The normalized spacial score (nSPS) is 15.6. The average Bonchev–Trinajstić information content (AvgIpc) is 2.87. The Bertz CT molecular complexity index is 383. The molecule has 0 aliphatic carbocycles. The lowest BCUT2D eigenvalue weighted by Gasteiger charge is -2.14. The first kappa shape index (κ1) is 12.4. The molecule has 2 amide bonds. The number of nitrogens with one attached hydrogen (secondary N) is 1. The number of hydrogen-bond donors (Lipinski definition) is 1. The van der Waals surface area contributed by atoms with Crippen LogP contribution in [0.25, 0.3) is 0 Å². The van der Waals surface area contributed by atoms with Crippen molar-refractivity contribution in [2.75, 3.05) is 18.4 Å². The fourth-order valence-corrected chi connectivity index (χ4v) is 2.97. The van der Waals surface area contributed by atoms with E-state index in [-0.39, 0.29) is 6.03 Å². The maximum Gasteiger partial charge on any atom is 0.323 e. The summed E-state index contributed by atoms with van der Waals surface area (Å²) in [5, 5.41) is 3.59. The Hall–Kier alpha value is -1.10. The standard InChI is InChI=1S/C12H19N3OS/c1-9(2)7-10-8-13-11(17-10)14-12(16)15-5-3-4-6-15/h8-9H,3-7H2,1-2H3,(H,13,14,16). The molecule has 1 aliphatic heterocycles. The van der Waals surface area contributed by atoms with E-state index >= 15 is 0 Å². The van der Waals surface area contributed by atoms with Crippen molar-refractivity contribution in [1.29, 1.82) is 0 Å². The van der Waals surface area contributed by atoms with Crippen LogP contribution in [0.4, 0.5) is 9.93 Å². The van der Waals surface area contributed by atoms with Crippen LogP contribution in [0.5, 0.6) is 0 Å². The summed E-state index contributed by atoms with van der Waals surface area (Å²) >= 11 is 1.58. The van der Waals surface area contributed by atoms with Gasteiger partial charge in [0.05, 0.1) is 0 Å². The molecule has 0 saturated carbocycles. The van der Waals surface area contributed by atoms with E-state index in [0.717, 1.165) is 37.5 Å². The van der Waals surface area contributed by atoms with Gasteiger partial charge in [0, 0.05) is 24.2 Å². The van der Waals surface area contributed by atoms with Crippen LogP contribution >= 0.6 is 11.3 Å². The third kappa shape index (κ3) is 3.43. The summed E-state index contributed by atoms with van der Waals surface area (Å²) in [6, 6.07) is -0.00653. The van der Waals surface area contributed by atoms with E-state index in [1.54, 1.807) is 11.3 Å². The second-order valence-corrected chi connectivity index (χ2v) is 5.97. The molecule has 5 heteroatoms. The molecule has 0 unspecified atom stereocenters. The summed E-state index contributed by atoms with van der Waals surface area (Å²) in [6.45, 7) is 6.11. The van der Waals surface area contributed by atoms with E-state index in [9.17, 15) is 4.79 Å². The summed E-state index contributed by atoms with van der Waals surface area (Å²) in [4.78, 5) is 19.2. The molecule has 94 valence electrons. The average molecular weight is 253 g/mol. The largest absolute Gasteiger partial charge is 0.324 e. The molecule has 1 aromatic rings. The van der Waals surface area contributed by atoms with Gasteiger partial charge in [-0.2, -0.15) is 0 Å². The number of thiazole rings is 1. The topological polar surface area (TPSA) is 45.2 Å². The monoisotopic (exact) mass is 253 g/mol. The third-order valence-corrected chi connectivity index (χ3v) is 3.71. The Kier molecular flexibility index (Phi) is 3.99. The molecule has 0 atom stereocenters. The molecule has 1 saturated heterocycles. The number of carbonyl (C=O) groups is 1. The highest BCUT2D eigenvalue weighted by molar-refractivity contribution is 7.15. The van der Waals surface area contributed by atoms with Gasteiger partial charge in [-0.3, -0.25) is 5.32 Å². The summed E-state index contributed by atoms with van der Waals surface area (Å²) in [7, 11) is 0. The molecular weight excluding hydrogens is 234 g/mol. The van der Waals surface area contributed by atoms with Crippen LogP contribution in [0, 0.1) is 5.92 Å². The highest BCUT2D eigenvalue weighted by atomic mass is 32.1. The van der Waals surface area contributed by atoms with Gasteiger partial charge in [-0.15, -0.1) is 11.3 Å². The smallest absolute Gasteiger partial charge is 0.323 e. The van der Waals surface area contributed by atoms with E-state index < -0.39 is 0 Å². The van der Waals surface area contributed by atoms with Gasteiger partial charge in [0.1, 0.15) is 0 Å². The van der Waals surface area contributed by atoms with Crippen LogP contribution in [-0.2, 0) is 6.42 Å². The van der Waals surface area contributed by atoms with E-state index in [2.05, 4.69) is 24.1 Å². The van der Waals surface area contributed by atoms with Crippen LogP contribution in [0.3, 0.4) is 0 Å². The molecule has 2 rings (SSSR count). The van der Waals surface area contributed by atoms with Crippen LogP contribution in [0.15, 0.2) is 6.20 Å². The number of urea groups is 1. The zero-order valence-electron chi connectivity index (χ0n) is 10.4. The fourth-order valence-electron chi connectivity index (χ4n) is 1.95. The number of amides is 2. The Balaban J connectivity index is 1.89. The third-order valence-electron chi connectivity index (χ3n) is 2.77. The lowest BCUT2D eigenvalue weighted by atomic mass is 10.1. The van der Waals surface area contributed by atoms with Crippen molar-refractivity contribution in [3.8, 4) is 0 Å². The molecule has 17 heavy (non-hydrogen) atoms. The first-order chi connectivity index (χ1) is 8.15. The van der Waals surface area contributed by atoms with Crippen LogP contribution in [0.1, 0.15) is 31.6 Å². The molecule has 1 aliphatic rings. The van der Waals surface area contributed by atoms with Crippen LogP contribution < -0.4 is 5.32 Å². The number of anilines is 1. The first-order valence-electron chi connectivity index (χ1n) is 6.16. The second-order valence-electron chi connectivity index (χ2n) is 4.85. The summed E-state index contributed by atoms with van der Waals surface area (Å²) in [5.74, 6) is 0.623. The zero-order chi connectivity index (χ0) is 12.3. The quantitative estimate of drug-likeness (QED) is 0.900. The van der Waals surface area contributed by atoms with Crippen molar-refractivity contribution in [3.63, 3.8) is 0 Å². The maximum atomic E-state index is 11.8. The molecule has 1 N–H and O–H groups in total. The number of aromatic nitrogens is 1. The number of hydrogen-bond acceptors (Lipinski definition) is 3. The van der Waals surface area contributed by atoms with E-state index in [4.69, 9.17) is 0 Å². The second kappa shape index (κ2) is 5.49. The van der Waals surface area contributed by atoms with Crippen molar-refractivity contribution in [2.24, 2.45) is 5.92 Å². The predicted octanol–water partition coefficient (Wildman–Crippen LogP) is 2.97. The Labute approximate surface area is 106 Å². The molecule has 4 nitrogen and oxygen atoms in total. The predicted molar refractivity (Wildman–Crippen MR) is 70.5 cm³/mol. The molecule has 0 aromatic carbocycles. The SMILES string of the molecule is CC(C)Cc1cnc(NC(=O)N2CCCC2)s1. The summed E-state index contributed by atoms with van der Waals surface area (Å²) in [5.41, 5.74) is 0. The van der Waals surface area contributed by atoms with E-state index in [0.29, 0.717) is 5.92 Å². The zero-order valence-corrected chi connectivity index (χ0v) is 11.2. The Morgan fingerprint density at radius 2 is 2.24 bits per heavy atom. The van der Waals surface area contributed by atoms with Crippen molar-refractivity contribution < 1.29 is 4.79 Å². The van der Waals surface area contributed by atoms with E-state index in [1.807, 2.05) is 11.1 Å². The first-order valence-corrected chi connectivity index (χ1v) is 6.97. The lowest BCUT2D eigenvalue weighted by molar-refractivity contribution is 0.222. The number of nitrogens with zero attached hydrogens (tertiary/aromatic N) is 2. The molecule has 2 heterocycles. The van der Waals surface area contributed by atoms with Crippen molar-refractivity contribution in [2.45, 2.75) is 33.1 Å². The minimum Gasteiger partial charge on any atom is -0.324 e. The number of likely N-dealkylation sites (tertiary alicyclic amines) is 1. The fraction of sp³-hybridized carbons (Fsp3) is 0.667. The molecular formula is C12H19N3OS. The summed E-state index contributed by atoms with van der Waals surface area (Å²) in [6.07, 6.45) is 5.12. The highest BCUT2D eigenvalue weighted by Crippen LogP contribution is 2.21. The lowest BCUT2D eigenvalue weighted by Crippen LogP contribution is -2.32. The van der Waals surface area contributed by atoms with Gasteiger partial charge in [-0.25, -0.2) is 9.78 Å². The highest BCUT2D eigenvalue weighted by Gasteiger charge is 2.18. The molecule has 0 spiro atoms. The minimum absolute atomic E-state index is 0.00653. The Morgan fingerprint density at radius 3 is 2.88 bits per heavy atom. The Morgan fingerprint density at radius 1 is 1.53 bits per heavy atom. The molecule has 1 fully saturated rings. The van der Waals surface area contributed by atoms with Gasteiger partial charge in [0.25, 0.3) is 0 Å². The van der Waals surface area contributed by atoms with Crippen molar-refractivity contribution in [3.05, 3.63) is 11.1 Å². The molecule has 1 aromatic heterocycles. The van der Waals surface area contributed by atoms with E-state index in [1.165, 1.54) is 4.88 Å². The number of carbonyl (C=O) groups excluding carboxylic acids is 1. The van der Waals surface area contributed by atoms with Gasteiger partial charge in [-0.1, -0.05) is 13.8 Å². The minimum atomic E-state index is -0.00653. The van der Waals surface area contributed by atoms with Crippen LogP contribution in [0.2, 0.25) is 0 Å². The van der Waals surface area contributed by atoms with Crippen molar-refractivity contribution in [1.82, 2.24) is 9.88 Å². The molecule has 0 radical (unpaired) electrons. The number of rotatable bonds is 3. The van der Waals surface area contributed by atoms with Gasteiger partial charge >= 0.3 is 6.03 Å². The van der Waals surface area contributed by atoms with Crippen molar-refractivity contribution >= 4 is 22.5 Å². The van der Waals surface area contributed by atoms with Gasteiger partial charge in [0.15, 0.2) is 5.13 Å². The van der Waals surface area contributed by atoms with Gasteiger partial charge in [-0.05, 0) is 25.2 Å². The van der Waals surface area contributed by atoms with Gasteiger partial charge < -0.3 is 4.90 Å². The maximum absolute atomic E-state index is 11.8.